The summed E-state index contributed by atoms with van der Waals surface area (Å²) in [5.74, 6) is 0. The number of nitrogens with zero attached hydrogens (tertiary/aromatic N) is 1. The van der Waals surface area contributed by atoms with Crippen LogP contribution in [0.1, 0.15) is 0 Å². The average molecular weight is 584 g/mol. The molecule has 0 radical (unpaired) electrons. The van der Waals surface area contributed by atoms with Crippen LogP contribution < -0.4 is 0 Å². The van der Waals surface area contributed by atoms with E-state index in [9.17, 15) is 8.42 Å². The molecule has 8 heteroatoms. The molecule has 0 aliphatic heterocycles. The standard InChI is InChI=1S/C30H17NO2S5/c32-38(33,20-6-2-1-3-7-20)31-23-16-27-18(14-29(36-27)25-8-4-10-34-25)12-21(23)22-13-19-15-30(26-9-5-11-35-26)37-28(19)17-24(22)31/h1-17H. The lowest BCUT2D eigenvalue weighted by Gasteiger charge is -2.09. The normalized spacial score (nSPS) is 12.4. The summed E-state index contributed by atoms with van der Waals surface area (Å²) >= 11 is 6.85. The third kappa shape index (κ3) is 3.38. The first-order valence-corrected chi connectivity index (χ1v) is 16.7. The van der Waals surface area contributed by atoms with Crippen LogP contribution in [0.5, 0.6) is 0 Å². The van der Waals surface area contributed by atoms with Gasteiger partial charge < -0.3 is 0 Å². The molecule has 0 saturated heterocycles. The number of thiophene rings is 4. The molecule has 0 spiro atoms. The van der Waals surface area contributed by atoms with Gasteiger partial charge in [-0.15, -0.1) is 45.3 Å². The van der Waals surface area contributed by atoms with E-state index in [0.717, 1.165) is 30.9 Å². The van der Waals surface area contributed by atoms with Crippen molar-refractivity contribution in [2.75, 3.05) is 0 Å². The van der Waals surface area contributed by atoms with Crippen LogP contribution in [0.2, 0.25) is 0 Å². The molecule has 0 aliphatic carbocycles. The van der Waals surface area contributed by atoms with Crippen LogP contribution in [-0.2, 0) is 10.0 Å². The van der Waals surface area contributed by atoms with Crippen molar-refractivity contribution < 1.29 is 8.42 Å². The third-order valence-electron chi connectivity index (χ3n) is 6.81. The van der Waals surface area contributed by atoms with E-state index < -0.39 is 10.0 Å². The van der Waals surface area contributed by atoms with Crippen molar-refractivity contribution in [3.05, 3.63) is 102 Å². The molecule has 0 fully saturated rings. The van der Waals surface area contributed by atoms with Crippen molar-refractivity contribution in [2.45, 2.75) is 4.90 Å². The summed E-state index contributed by atoms with van der Waals surface area (Å²) in [6.45, 7) is 0. The fourth-order valence-electron chi connectivity index (χ4n) is 5.09. The zero-order chi connectivity index (χ0) is 25.4. The first-order valence-electron chi connectivity index (χ1n) is 11.9. The molecule has 0 amide bonds. The largest absolute Gasteiger partial charge is 0.268 e. The van der Waals surface area contributed by atoms with E-state index in [-0.39, 0.29) is 4.90 Å². The number of rotatable bonds is 4. The predicted molar refractivity (Wildman–Crippen MR) is 166 cm³/mol. The molecule has 0 aliphatic rings. The Balaban J connectivity index is 1.47. The van der Waals surface area contributed by atoms with Gasteiger partial charge in [-0.1, -0.05) is 30.3 Å². The minimum Gasteiger partial charge on any atom is -0.233 e. The number of fused-ring (bicyclic) bond motifs is 5. The third-order valence-corrected chi connectivity index (χ3v) is 12.9. The number of hydrogen-bond acceptors (Lipinski definition) is 6. The lowest BCUT2D eigenvalue weighted by Crippen LogP contribution is -2.12. The first kappa shape index (κ1) is 22.7. The minimum absolute atomic E-state index is 0.287. The van der Waals surface area contributed by atoms with Gasteiger partial charge in [0, 0.05) is 39.7 Å². The van der Waals surface area contributed by atoms with Crippen molar-refractivity contribution in [2.24, 2.45) is 0 Å². The SMILES string of the molecule is O=S(=O)(c1ccccc1)n1c2cc3sc(-c4cccs4)cc3cc2c2cc3cc(-c4cccs4)sc3cc21. The molecule has 3 aromatic carbocycles. The zero-order valence-electron chi connectivity index (χ0n) is 19.6. The molecule has 3 nitrogen and oxygen atoms in total. The van der Waals surface area contributed by atoms with E-state index in [4.69, 9.17) is 0 Å². The highest BCUT2D eigenvalue weighted by atomic mass is 32.2. The van der Waals surface area contributed by atoms with Gasteiger partial charge in [0.1, 0.15) is 0 Å². The Morgan fingerprint density at radius 2 is 1.08 bits per heavy atom. The van der Waals surface area contributed by atoms with Gasteiger partial charge in [-0.05, 0) is 82.2 Å². The highest BCUT2D eigenvalue weighted by Crippen LogP contribution is 2.44. The average Bonchev–Trinajstić information content (AvgIpc) is 3.75. The van der Waals surface area contributed by atoms with Crippen molar-refractivity contribution in [3.8, 4) is 19.5 Å². The zero-order valence-corrected chi connectivity index (χ0v) is 23.7. The van der Waals surface area contributed by atoms with Gasteiger partial charge in [0.25, 0.3) is 10.0 Å². The first-order chi connectivity index (χ1) is 18.6. The molecular formula is C30H17NO2S5. The second-order valence-corrected chi connectivity index (χ2v) is 14.9. The Morgan fingerprint density at radius 1 is 0.553 bits per heavy atom. The summed E-state index contributed by atoms with van der Waals surface area (Å²) < 4.78 is 32.0. The minimum atomic E-state index is -3.83. The molecule has 38 heavy (non-hydrogen) atoms. The number of aromatic nitrogens is 1. The van der Waals surface area contributed by atoms with Crippen LogP contribution >= 0.6 is 45.3 Å². The second kappa shape index (κ2) is 8.36. The molecular weight excluding hydrogens is 567 g/mol. The lowest BCUT2D eigenvalue weighted by atomic mass is 10.1. The van der Waals surface area contributed by atoms with Crippen molar-refractivity contribution >= 4 is 97.3 Å². The molecule has 5 aromatic heterocycles. The fourth-order valence-corrected chi connectivity index (χ4v) is 10.4. The van der Waals surface area contributed by atoms with E-state index in [1.807, 2.05) is 6.07 Å². The maximum Gasteiger partial charge on any atom is 0.268 e. The summed E-state index contributed by atoms with van der Waals surface area (Å²) in [4.78, 5) is 5.13. The number of hydrogen-bond donors (Lipinski definition) is 0. The molecule has 0 unspecified atom stereocenters. The van der Waals surface area contributed by atoms with Gasteiger partial charge in [-0.3, -0.25) is 0 Å². The van der Waals surface area contributed by atoms with Crippen LogP contribution in [0.15, 0.2) is 107 Å². The van der Waals surface area contributed by atoms with Crippen molar-refractivity contribution in [3.63, 3.8) is 0 Å². The fraction of sp³-hybridized carbons (Fsp3) is 0. The summed E-state index contributed by atoms with van der Waals surface area (Å²) in [7, 11) is -3.83. The van der Waals surface area contributed by atoms with Gasteiger partial charge in [-0.25, -0.2) is 12.4 Å². The highest BCUT2D eigenvalue weighted by Gasteiger charge is 2.25. The summed E-state index contributed by atoms with van der Waals surface area (Å²) in [6, 6.07) is 30.0. The maximum absolute atomic E-state index is 14.2. The van der Waals surface area contributed by atoms with E-state index in [1.54, 1.807) is 73.6 Å². The van der Waals surface area contributed by atoms with E-state index in [1.165, 1.54) is 19.5 Å². The molecule has 0 bridgehead atoms. The molecule has 0 N–H and O–H groups in total. The Morgan fingerprint density at radius 3 is 1.55 bits per heavy atom. The lowest BCUT2D eigenvalue weighted by molar-refractivity contribution is 0.590. The highest BCUT2D eigenvalue weighted by molar-refractivity contribution is 7.90. The van der Waals surface area contributed by atoms with Crippen LogP contribution in [0.3, 0.4) is 0 Å². The van der Waals surface area contributed by atoms with Gasteiger partial charge in [0.15, 0.2) is 0 Å². The van der Waals surface area contributed by atoms with Gasteiger partial charge in [0.05, 0.1) is 15.9 Å². The Bertz CT molecular complexity index is 2110. The van der Waals surface area contributed by atoms with Gasteiger partial charge in [-0.2, -0.15) is 0 Å². The Labute approximate surface area is 234 Å². The predicted octanol–water partition coefficient (Wildman–Crippen LogP) is 9.92. The van der Waals surface area contributed by atoms with E-state index >= 15 is 0 Å². The van der Waals surface area contributed by atoms with Gasteiger partial charge in [0.2, 0.25) is 0 Å². The summed E-state index contributed by atoms with van der Waals surface area (Å²) in [5.41, 5.74) is 1.43. The van der Waals surface area contributed by atoms with Crippen LogP contribution in [0.25, 0.3) is 61.5 Å². The molecule has 184 valence electrons. The van der Waals surface area contributed by atoms with E-state index in [0.29, 0.717) is 11.0 Å². The monoisotopic (exact) mass is 583 g/mol. The second-order valence-electron chi connectivity index (χ2n) is 9.07. The van der Waals surface area contributed by atoms with Crippen LogP contribution in [0.4, 0.5) is 0 Å². The molecule has 5 heterocycles. The number of benzene rings is 3. The summed E-state index contributed by atoms with van der Waals surface area (Å²) in [5, 5.41) is 8.33. The van der Waals surface area contributed by atoms with E-state index in [2.05, 4.69) is 71.4 Å². The maximum atomic E-state index is 14.2. The molecule has 8 aromatic rings. The smallest absolute Gasteiger partial charge is 0.233 e. The van der Waals surface area contributed by atoms with Gasteiger partial charge >= 0.3 is 0 Å². The Kier molecular flexibility index (Phi) is 4.99. The van der Waals surface area contributed by atoms with Crippen molar-refractivity contribution in [1.82, 2.24) is 3.97 Å². The Hall–Kier alpha value is -3.27. The quantitative estimate of drug-likeness (QED) is 0.207. The van der Waals surface area contributed by atoms with Crippen molar-refractivity contribution in [1.29, 1.82) is 0 Å². The summed E-state index contributed by atoms with van der Waals surface area (Å²) in [6.07, 6.45) is 0. The van der Waals surface area contributed by atoms with Crippen LogP contribution in [0, 0.1) is 0 Å². The van der Waals surface area contributed by atoms with Crippen LogP contribution in [-0.4, -0.2) is 12.4 Å². The molecule has 0 atom stereocenters. The molecule has 8 rings (SSSR count). The topological polar surface area (TPSA) is 39.1 Å². The molecule has 0 saturated carbocycles.